The minimum absolute atomic E-state index is 0.0477. The molecule has 2 N–H and O–H groups in total. The number of ether oxygens (including phenoxy) is 2. The van der Waals surface area contributed by atoms with Gasteiger partial charge in [0.1, 0.15) is 5.75 Å². The molecule has 0 aliphatic carbocycles. The van der Waals surface area contributed by atoms with Gasteiger partial charge < -0.3 is 20.1 Å². The molecule has 2 rings (SSSR count). The second-order valence-corrected chi connectivity index (χ2v) is 5.29. The van der Waals surface area contributed by atoms with E-state index in [0.29, 0.717) is 11.4 Å². The zero-order chi connectivity index (χ0) is 19.8. The molecule has 142 valence electrons. The van der Waals surface area contributed by atoms with Crippen LogP contribution in [0.4, 0.5) is 20.2 Å². The first-order valence-electron chi connectivity index (χ1n) is 7.73. The van der Waals surface area contributed by atoms with E-state index in [4.69, 9.17) is 4.74 Å². The Balaban J connectivity index is 1.86. The van der Waals surface area contributed by atoms with Gasteiger partial charge in [0, 0.05) is 18.3 Å². The number of alkyl halides is 2. The summed E-state index contributed by atoms with van der Waals surface area (Å²) in [5.41, 5.74) is 0.917. The van der Waals surface area contributed by atoms with E-state index >= 15 is 0 Å². The van der Waals surface area contributed by atoms with Gasteiger partial charge in [0.15, 0.2) is 6.61 Å². The van der Waals surface area contributed by atoms with Crippen molar-refractivity contribution in [1.29, 1.82) is 0 Å². The van der Waals surface area contributed by atoms with Crippen LogP contribution in [0, 0.1) is 0 Å². The predicted octanol–water partition coefficient (Wildman–Crippen LogP) is 3.04. The molecule has 0 atom stereocenters. The van der Waals surface area contributed by atoms with Gasteiger partial charge in [-0.2, -0.15) is 8.78 Å². The van der Waals surface area contributed by atoms with Crippen LogP contribution in [-0.2, 0) is 14.3 Å². The summed E-state index contributed by atoms with van der Waals surface area (Å²) >= 11 is 0. The Morgan fingerprint density at radius 3 is 2.33 bits per heavy atom. The van der Waals surface area contributed by atoms with Crippen LogP contribution in [0.25, 0.3) is 0 Å². The summed E-state index contributed by atoms with van der Waals surface area (Å²) < 4.78 is 33.3. The van der Waals surface area contributed by atoms with Crippen LogP contribution in [0.1, 0.15) is 17.3 Å². The number of carbonyl (C=O) groups excluding carboxylic acids is 3. The number of anilines is 2. The van der Waals surface area contributed by atoms with Crippen LogP contribution in [-0.4, -0.2) is 31.0 Å². The van der Waals surface area contributed by atoms with Gasteiger partial charge in [-0.05, 0) is 42.5 Å². The average molecular weight is 378 g/mol. The van der Waals surface area contributed by atoms with Crippen molar-refractivity contribution in [3.8, 4) is 5.75 Å². The fourth-order valence-electron chi connectivity index (χ4n) is 2.06. The number of halogens is 2. The highest BCUT2D eigenvalue weighted by Gasteiger charge is 2.12. The number of amides is 2. The summed E-state index contributed by atoms with van der Waals surface area (Å²) in [6, 6.07) is 11.3. The van der Waals surface area contributed by atoms with Gasteiger partial charge >= 0.3 is 12.6 Å². The van der Waals surface area contributed by atoms with Crippen molar-refractivity contribution in [2.24, 2.45) is 0 Å². The molecule has 0 radical (unpaired) electrons. The second kappa shape index (κ2) is 9.27. The van der Waals surface area contributed by atoms with Crippen LogP contribution >= 0.6 is 0 Å². The highest BCUT2D eigenvalue weighted by atomic mass is 19.3. The first kappa shape index (κ1) is 19.8. The maximum absolute atomic E-state index is 12.1. The van der Waals surface area contributed by atoms with E-state index in [1.807, 2.05) is 0 Å². The first-order valence-corrected chi connectivity index (χ1v) is 7.73. The highest BCUT2D eigenvalue weighted by Crippen LogP contribution is 2.17. The highest BCUT2D eigenvalue weighted by molar-refractivity contribution is 5.96. The smallest absolute Gasteiger partial charge is 0.387 e. The lowest BCUT2D eigenvalue weighted by molar-refractivity contribution is -0.119. The third-order valence-corrected chi connectivity index (χ3v) is 3.12. The molecule has 0 heterocycles. The fraction of sp³-hybridized carbons (Fsp3) is 0.167. The molecule has 2 amide bonds. The van der Waals surface area contributed by atoms with Gasteiger partial charge in [0.2, 0.25) is 5.91 Å². The predicted molar refractivity (Wildman–Crippen MR) is 92.7 cm³/mol. The molecule has 2 aromatic rings. The molecule has 0 bridgehead atoms. The Hall–Kier alpha value is -3.49. The van der Waals surface area contributed by atoms with Crippen molar-refractivity contribution in [2.75, 3.05) is 17.2 Å². The molecule has 0 saturated heterocycles. The largest absolute Gasteiger partial charge is 0.452 e. The molecule has 0 unspecified atom stereocenters. The number of benzene rings is 2. The van der Waals surface area contributed by atoms with Crippen LogP contribution in [0.2, 0.25) is 0 Å². The molecule has 0 aromatic heterocycles. The van der Waals surface area contributed by atoms with E-state index in [1.165, 1.54) is 43.3 Å². The molecule has 9 heteroatoms. The topological polar surface area (TPSA) is 93.7 Å². The second-order valence-electron chi connectivity index (χ2n) is 5.29. The Morgan fingerprint density at radius 2 is 1.70 bits per heavy atom. The zero-order valence-electron chi connectivity index (χ0n) is 14.2. The van der Waals surface area contributed by atoms with E-state index in [1.54, 1.807) is 12.1 Å². The van der Waals surface area contributed by atoms with E-state index in [2.05, 4.69) is 15.4 Å². The van der Waals surface area contributed by atoms with E-state index in [9.17, 15) is 23.2 Å². The maximum atomic E-state index is 12.1. The molecule has 0 fully saturated rings. The SMILES string of the molecule is CC(=O)Nc1cccc(C(=O)OCC(=O)Nc2ccc(OC(F)F)cc2)c1. The number of carbonyl (C=O) groups is 3. The summed E-state index contributed by atoms with van der Waals surface area (Å²) in [6.45, 7) is -2.14. The number of hydrogen-bond donors (Lipinski definition) is 2. The van der Waals surface area contributed by atoms with E-state index in [-0.39, 0.29) is 17.2 Å². The lowest BCUT2D eigenvalue weighted by Crippen LogP contribution is -2.21. The molecule has 0 saturated carbocycles. The van der Waals surface area contributed by atoms with Crippen molar-refractivity contribution >= 4 is 29.2 Å². The lowest BCUT2D eigenvalue weighted by Gasteiger charge is -2.09. The minimum atomic E-state index is -2.94. The third kappa shape index (κ3) is 6.73. The quantitative estimate of drug-likeness (QED) is 0.723. The van der Waals surface area contributed by atoms with Crippen molar-refractivity contribution in [2.45, 2.75) is 13.5 Å². The summed E-state index contributed by atoms with van der Waals surface area (Å²) in [4.78, 5) is 34.8. The van der Waals surface area contributed by atoms with Gasteiger partial charge in [-0.25, -0.2) is 4.79 Å². The van der Waals surface area contributed by atoms with Gasteiger partial charge in [0.25, 0.3) is 5.91 Å². The first-order chi connectivity index (χ1) is 12.8. The van der Waals surface area contributed by atoms with Crippen LogP contribution in [0.15, 0.2) is 48.5 Å². The number of esters is 1. The van der Waals surface area contributed by atoms with Gasteiger partial charge in [-0.15, -0.1) is 0 Å². The molecule has 0 aliphatic rings. The van der Waals surface area contributed by atoms with Crippen molar-refractivity contribution in [3.05, 3.63) is 54.1 Å². The number of rotatable bonds is 7. The average Bonchev–Trinajstić information content (AvgIpc) is 2.60. The third-order valence-electron chi connectivity index (χ3n) is 3.12. The number of hydrogen-bond acceptors (Lipinski definition) is 5. The molecule has 7 nitrogen and oxygen atoms in total. The van der Waals surface area contributed by atoms with Crippen LogP contribution in [0.3, 0.4) is 0 Å². The molecule has 0 aliphatic heterocycles. The minimum Gasteiger partial charge on any atom is -0.452 e. The molecule has 27 heavy (non-hydrogen) atoms. The lowest BCUT2D eigenvalue weighted by atomic mass is 10.2. The Labute approximate surface area is 153 Å². The normalized spacial score (nSPS) is 10.2. The van der Waals surface area contributed by atoms with Crippen molar-refractivity contribution < 1.29 is 32.6 Å². The summed E-state index contributed by atoms with van der Waals surface area (Å²) in [7, 11) is 0. The summed E-state index contributed by atoms with van der Waals surface area (Å²) in [5.74, 6) is -1.68. The standard InChI is InChI=1S/C18H16F2N2O5/c1-11(23)21-14-4-2-3-12(9-14)17(25)26-10-16(24)22-13-5-7-15(8-6-13)27-18(19)20/h2-9,18H,10H2,1H3,(H,21,23)(H,22,24). The van der Waals surface area contributed by atoms with Crippen molar-refractivity contribution in [3.63, 3.8) is 0 Å². The number of nitrogens with one attached hydrogen (secondary N) is 2. The summed E-state index contributed by atoms with van der Waals surface area (Å²) in [5, 5.41) is 4.98. The van der Waals surface area contributed by atoms with Crippen LogP contribution < -0.4 is 15.4 Å². The molecule has 2 aromatic carbocycles. The molecule has 0 spiro atoms. The van der Waals surface area contributed by atoms with Gasteiger partial charge in [0.05, 0.1) is 5.56 Å². The van der Waals surface area contributed by atoms with Gasteiger partial charge in [-0.1, -0.05) is 6.07 Å². The Kier molecular flexibility index (Phi) is 6.81. The maximum Gasteiger partial charge on any atom is 0.387 e. The zero-order valence-corrected chi connectivity index (χ0v) is 14.2. The van der Waals surface area contributed by atoms with E-state index in [0.717, 1.165) is 0 Å². The van der Waals surface area contributed by atoms with Crippen molar-refractivity contribution in [1.82, 2.24) is 0 Å². The molecular formula is C18H16F2N2O5. The Morgan fingerprint density at radius 1 is 1.00 bits per heavy atom. The Bertz CT molecular complexity index is 825. The van der Waals surface area contributed by atoms with E-state index < -0.39 is 25.1 Å². The summed E-state index contributed by atoms with van der Waals surface area (Å²) in [6.07, 6.45) is 0. The van der Waals surface area contributed by atoms with Gasteiger partial charge in [-0.3, -0.25) is 9.59 Å². The monoisotopic (exact) mass is 378 g/mol. The fourth-order valence-corrected chi connectivity index (χ4v) is 2.06. The van der Waals surface area contributed by atoms with Crippen LogP contribution in [0.5, 0.6) is 5.75 Å². The molecular weight excluding hydrogens is 362 g/mol.